The van der Waals surface area contributed by atoms with E-state index in [9.17, 15) is 5.11 Å². The number of nitrogens with one attached hydrogen (secondary N) is 3. The highest BCUT2D eigenvalue weighted by Crippen LogP contribution is 2.26. The second kappa shape index (κ2) is 7.29. The van der Waals surface area contributed by atoms with Gasteiger partial charge in [-0.1, -0.05) is 31.4 Å². The van der Waals surface area contributed by atoms with Gasteiger partial charge in [0.15, 0.2) is 11.5 Å². The van der Waals surface area contributed by atoms with Gasteiger partial charge in [0.05, 0.1) is 12.9 Å². The van der Waals surface area contributed by atoms with Gasteiger partial charge in [0, 0.05) is 11.7 Å². The third-order valence-electron chi connectivity index (χ3n) is 4.94. The number of aliphatic hydroxyl groups is 1. The Hall–Kier alpha value is -2.67. The number of anilines is 3. The summed E-state index contributed by atoms with van der Waals surface area (Å²) in [5.74, 6) is 1.30. The van der Waals surface area contributed by atoms with Crippen LogP contribution in [0.5, 0.6) is 0 Å². The van der Waals surface area contributed by atoms with E-state index in [1.54, 1.807) is 6.33 Å². The number of aromatic nitrogens is 4. The first-order valence-corrected chi connectivity index (χ1v) is 9.18. The largest absolute Gasteiger partial charge is 0.392 e. The van der Waals surface area contributed by atoms with Gasteiger partial charge in [-0.2, -0.15) is 9.97 Å². The van der Waals surface area contributed by atoms with Crippen molar-refractivity contribution in [2.24, 2.45) is 0 Å². The standard InChI is InChI=1S/C19H24N6O/c1-12-9-13(10-26)7-8-15(12)23-19-24-17-16(20-11-21-17)18(25-19)22-14-5-3-2-4-6-14/h7-9,11,14,26H,2-6,10H2,1H3,(H3,20,21,22,23,24,25). The average molecular weight is 352 g/mol. The molecule has 1 aliphatic carbocycles. The average Bonchev–Trinajstić information content (AvgIpc) is 3.13. The van der Waals surface area contributed by atoms with Crippen LogP contribution in [0.25, 0.3) is 11.2 Å². The predicted molar refractivity (Wildman–Crippen MR) is 103 cm³/mol. The highest BCUT2D eigenvalue weighted by molar-refractivity contribution is 5.84. The number of rotatable bonds is 5. The van der Waals surface area contributed by atoms with Crippen LogP contribution >= 0.6 is 0 Å². The SMILES string of the molecule is Cc1cc(CO)ccc1Nc1nc(NC2CCCCC2)c2nc[nH]c2n1. The van der Waals surface area contributed by atoms with Crippen molar-refractivity contribution in [1.82, 2.24) is 19.9 Å². The summed E-state index contributed by atoms with van der Waals surface area (Å²) in [6.07, 6.45) is 7.81. The van der Waals surface area contributed by atoms with Gasteiger partial charge in [0.25, 0.3) is 0 Å². The van der Waals surface area contributed by atoms with Crippen LogP contribution in [0.2, 0.25) is 0 Å². The normalized spacial score (nSPS) is 15.3. The van der Waals surface area contributed by atoms with Crippen LogP contribution in [-0.4, -0.2) is 31.1 Å². The third kappa shape index (κ3) is 3.48. The van der Waals surface area contributed by atoms with Crippen LogP contribution in [0, 0.1) is 6.92 Å². The van der Waals surface area contributed by atoms with Gasteiger partial charge in [-0.05, 0) is 37.0 Å². The lowest BCUT2D eigenvalue weighted by Gasteiger charge is -2.23. The van der Waals surface area contributed by atoms with E-state index in [4.69, 9.17) is 0 Å². The van der Waals surface area contributed by atoms with Crippen molar-refractivity contribution in [2.45, 2.75) is 51.7 Å². The summed E-state index contributed by atoms with van der Waals surface area (Å²) < 4.78 is 0. The first-order valence-electron chi connectivity index (χ1n) is 9.18. The van der Waals surface area contributed by atoms with Crippen molar-refractivity contribution in [3.8, 4) is 0 Å². The summed E-state index contributed by atoms with van der Waals surface area (Å²) in [6, 6.07) is 6.23. The molecular formula is C19H24N6O. The number of H-pyrrole nitrogens is 1. The lowest BCUT2D eigenvalue weighted by atomic mass is 9.95. The molecule has 136 valence electrons. The molecule has 0 bridgehead atoms. The number of aliphatic hydroxyl groups excluding tert-OH is 1. The maximum Gasteiger partial charge on any atom is 0.231 e. The number of hydrogen-bond acceptors (Lipinski definition) is 6. The topological polar surface area (TPSA) is 98.7 Å². The molecule has 7 nitrogen and oxygen atoms in total. The van der Waals surface area contributed by atoms with E-state index in [0.29, 0.717) is 17.6 Å². The minimum atomic E-state index is 0.0349. The Labute approximate surface area is 152 Å². The molecule has 1 saturated carbocycles. The molecule has 1 aromatic carbocycles. The molecule has 0 radical (unpaired) electrons. The summed E-state index contributed by atoms with van der Waals surface area (Å²) in [6.45, 7) is 2.03. The Kier molecular flexibility index (Phi) is 4.71. The summed E-state index contributed by atoms with van der Waals surface area (Å²) >= 11 is 0. The number of aryl methyl sites for hydroxylation is 1. The number of benzene rings is 1. The molecule has 4 N–H and O–H groups in total. The number of imidazole rings is 1. The van der Waals surface area contributed by atoms with Gasteiger partial charge < -0.3 is 20.7 Å². The maximum atomic E-state index is 9.27. The third-order valence-corrected chi connectivity index (χ3v) is 4.94. The molecule has 26 heavy (non-hydrogen) atoms. The second-order valence-corrected chi connectivity index (χ2v) is 6.91. The summed E-state index contributed by atoms with van der Waals surface area (Å²) in [7, 11) is 0. The number of aromatic amines is 1. The first kappa shape index (κ1) is 16.8. The van der Waals surface area contributed by atoms with Crippen molar-refractivity contribution >= 4 is 28.6 Å². The molecule has 3 aromatic rings. The summed E-state index contributed by atoms with van der Waals surface area (Å²) in [4.78, 5) is 16.7. The first-order chi connectivity index (χ1) is 12.7. The Balaban J connectivity index is 1.63. The number of fused-ring (bicyclic) bond motifs is 1. The molecule has 2 heterocycles. The lowest BCUT2D eigenvalue weighted by Crippen LogP contribution is -2.23. The molecule has 4 rings (SSSR count). The maximum absolute atomic E-state index is 9.27. The predicted octanol–water partition coefficient (Wildman–Crippen LogP) is 3.64. The van der Waals surface area contributed by atoms with Gasteiger partial charge in [0.1, 0.15) is 5.52 Å². The van der Waals surface area contributed by atoms with Crippen LogP contribution in [-0.2, 0) is 6.61 Å². The summed E-state index contributed by atoms with van der Waals surface area (Å²) in [5.41, 5.74) is 4.33. The monoisotopic (exact) mass is 352 g/mol. The van der Waals surface area contributed by atoms with Crippen LogP contribution in [0.4, 0.5) is 17.5 Å². The van der Waals surface area contributed by atoms with E-state index in [1.807, 2.05) is 25.1 Å². The minimum Gasteiger partial charge on any atom is -0.392 e. The fourth-order valence-corrected chi connectivity index (χ4v) is 3.52. The van der Waals surface area contributed by atoms with Crippen molar-refractivity contribution in [1.29, 1.82) is 0 Å². The van der Waals surface area contributed by atoms with Crippen LogP contribution < -0.4 is 10.6 Å². The Morgan fingerprint density at radius 1 is 1.19 bits per heavy atom. The van der Waals surface area contributed by atoms with E-state index in [-0.39, 0.29) is 6.61 Å². The quantitative estimate of drug-likeness (QED) is 0.559. The van der Waals surface area contributed by atoms with Crippen molar-refractivity contribution in [2.75, 3.05) is 10.6 Å². The van der Waals surface area contributed by atoms with Crippen molar-refractivity contribution < 1.29 is 5.11 Å². The summed E-state index contributed by atoms with van der Waals surface area (Å²) in [5, 5.41) is 16.1. The molecule has 0 amide bonds. The molecule has 1 fully saturated rings. The zero-order valence-corrected chi connectivity index (χ0v) is 14.9. The van der Waals surface area contributed by atoms with Crippen LogP contribution in [0.15, 0.2) is 24.5 Å². The molecule has 2 aromatic heterocycles. The smallest absolute Gasteiger partial charge is 0.231 e. The van der Waals surface area contributed by atoms with Crippen molar-refractivity contribution in [3.05, 3.63) is 35.7 Å². The fourth-order valence-electron chi connectivity index (χ4n) is 3.52. The molecule has 0 saturated heterocycles. The van der Waals surface area contributed by atoms with Gasteiger partial charge in [0.2, 0.25) is 5.95 Å². The molecule has 0 aliphatic heterocycles. The van der Waals surface area contributed by atoms with E-state index in [2.05, 4.69) is 30.6 Å². The Bertz CT molecular complexity index is 900. The van der Waals surface area contributed by atoms with Crippen molar-refractivity contribution in [3.63, 3.8) is 0 Å². The number of nitrogens with zero attached hydrogens (tertiary/aromatic N) is 3. The second-order valence-electron chi connectivity index (χ2n) is 6.91. The zero-order chi connectivity index (χ0) is 17.9. The lowest BCUT2D eigenvalue weighted by molar-refractivity contribution is 0.282. The van der Waals surface area contributed by atoms with Crippen LogP contribution in [0.3, 0.4) is 0 Å². The van der Waals surface area contributed by atoms with Gasteiger partial charge in [-0.3, -0.25) is 0 Å². The highest BCUT2D eigenvalue weighted by atomic mass is 16.3. The minimum absolute atomic E-state index is 0.0349. The highest BCUT2D eigenvalue weighted by Gasteiger charge is 2.17. The Morgan fingerprint density at radius 3 is 2.81 bits per heavy atom. The molecule has 0 unspecified atom stereocenters. The van der Waals surface area contributed by atoms with E-state index in [0.717, 1.165) is 28.1 Å². The molecule has 0 atom stereocenters. The van der Waals surface area contributed by atoms with E-state index >= 15 is 0 Å². The van der Waals surface area contributed by atoms with Gasteiger partial charge in [-0.25, -0.2) is 4.98 Å². The molecule has 0 spiro atoms. The fraction of sp³-hybridized carbons (Fsp3) is 0.421. The number of hydrogen-bond donors (Lipinski definition) is 4. The van der Waals surface area contributed by atoms with Gasteiger partial charge in [-0.15, -0.1) is 0 Å². The zero-order valence-electron chi connectivity index (χ0n) is 14.9. The molecular weight excluding hydrogens is 328 g/mol. The Morgan fingerprint density at radius 2 is 2.04 bits per heavy atom. The molecule has 7 heteroatoms. The van der Waals surface area contributed by atoms with E-state index in [1.165, 1.54) is 32.1 Å². The van der Waals surface area contributed by atoms with Gasteiger partial charge >= 0.3 is 0 Å². The molecule has 1 aliphatic rings. The van der Waals surface area contributed by atoms with E-state index < -0.39 is 0 Å². The van der Waals surface area contributed by atoms with Crippen LogP contribution in [0.1, 0.15) is 43.2 Å².